The van der Waals surface area contributed by atoms with E-state index in [2.05, 4.69) is 5.16 Å². The van der Waals surface area contributed by atoms with Crippen LogP contribution in [0.1, 0.15) is 25.3 Å². The van der Waals surface area contributed by atoms with Crippen LogP contribution in [0.15, 0.2) is 46.8 Å². The van der Waals surface area contributed by atoms with E-state index in [-0.39, 0.29) is 47.2 Å². The summed E-state index contributed by atoms with van der Waals surface area (Å²) in [4.78, 5) is 30.5. The number of fused-ring (bicyclic) bond motifs is 1. The van der Waals surface area contributed by atoms with Crippen LogP contribution >= 0.6 is 0 Å². The molecule has 1 aromatic rings. The minimum absolute atomic E-state index is 0. The first-order valence-corrected chi connectivity index (χ1v) is 8.22. The molecule has 0 bridgehead atoms. The number of carboxylic acids is 1. The van der Waals surface area contributed by atoms with Gasteiger partial charge in [-0.05, 0) is 18.9 Å². The van der Waals surface area contributed by atoms with Gasteiger partial charge in [-0.3, -0.25) is 4.79 Å². The molecule has 26 heavy (non-hydrogen) atoms. The van der Waals surface area contributed by atoms with Crippen LogP contribution in [0.25, 0.3) is 0 Å². The number of benzene rings is 1. The van der Waals surface area contributed by atoms with E-state index in [1.165, 1.54) is 4.90 Å². The molecule has 4 atom stereocenters. The Morgan fingerprint density at radius 2 is 2.04 bits per heavy atom. The van der Waals surface area contributed by atoms with Gasteiger partial charge in [0.05, 0.1) is 35.4 Å². The van der Waals surface area contributed by atoms with Crippen molar-refractivity contribution in [3.63, 3.8) is 0 Å². The van der Waals surface area contributed by atoms with Crippen molar-refractivity contribution in [3.8, 4) is 0 Å². The molecule has 1 N–H and O–H groups in total. The molecule has 7 nitrogen and oxygen atoms in total. The van der Waals surface area contributed by atoms with E-state index >= 15 is 0 Å². The number of carbonyl (C=O) groups excluding carboxylic acids is 2. The average molecular weight is 364 g/mol. The van der Waals surface area contributed by atoms with Crippen LogP contribution in [0.3, 0.4) is 0 Å². The predicted octanol–water partition coefficient (Wildman–Crippen LogP) is -3.20. The quantitative estimate of drug-likeness (QED) is 0.448. The van der Waals surface area contributed by atoms with Crippen molar-refractivity contribution in [2.75, 3.05) is 0 Å². The van der Waals surface area contributed by atoms with Gasteiger partial charge in [-0.25, -0.2) is 0 Å². The second kappa shape index (κ2) is 7.15. The molecule has 4 rings (SSSR count). The zero-order valence-electron chi connectivity index (χ0n) is 14.6. The Bertz CT molecular complexity index is 805. The second-order valence-electron chi connectivity index (χ2n) is 6.61. The normalized spacial score (nSPS) is 27.9. The Morgan fingerprint density at radius 1 is 1.35 bits per heavy atom. The maximum absolute atomic E-state index is 12.2. The van der Waals surface area contributed by atoms with Crippen LogP contribution in [-0.2, 0) is 14.4 Å². The van der Waals surface area contributed by atoms with Gasteiger partial charge in [0.2, 0.25) is 5.91 Å². The van der Waals surface area contributed by atoms with Gasteiger partial charge in [0, 0.05) is 12.0 Å². The standard InChI is InChI=1S/C18H18N2O5.Na/c1-9(21)15-13-7-11(16(18(23)24)20(13)17(15)22)14-8-12(19-25-14)10-5-3-2-4-6-10;/h2-6,9,13-15,21H,7-8H2,1H3,(H,23,24);/q;+1/p-1/t9-,13-,14-,15-;/m1./s1. The fraction of sp³-hybridized carbons (Fsp3) is 0.389. The number of aliphatic carboxylic acids is 1. The molecule has 0 radical (unpaired) electrons. The fourth-order valence-corrected chi connectivity index (χ4v) is 3.94. The van der Waals surface area contributed by atoms with E-state index in [4.69, 9.17) is 4.84 Å². The number of nitrogens with zero attached hydrogens (tertiary/aromatic N) is 2. The summed E-state index contributed by atoms with van der Waals surface area (Å²) in [5.74, 6) is -2.36. The van der Waals surface area contributed by atoms with E-state index in [0.29, 0.717) is 18.4 Å². The number of rotatable bonds is 4. The van der Waals surface area contributed by atoms with Crippen molar-refractivity contribution >= 4 is 17.6 Å². The monoisotopic (exact) mass is 364 g/mol. The summed E-state index contributed by atoms with van der Waals surface area (Å²) in [5.41, 5.74) is 2.04. The Balaban J connectivity index is 0.00000196. The summed E-state index contributed by atoms with van der Waals surface area (Å²) in [6, 6.07) is 9.16. The molecule has 1 aromatic carbocycles. The molecule has 1 saturated heterocycles. The van der Waals surface area contributed by atoms with Gasteiger partial charge < -0.3 is 24.7 Å². The van der Waals surface area contributed by atoms with Crippen LogP contribution in [0.4, 0.5) is 0 Å². The van der Waals surface area contributed by atoms with Crippen molar-refractivity contribution in [3.05, 3.63) is 47.2 Å². The van der Waals surface area contributed by atoms with Crippen LogP contribution in [-0.4, -0.2) is 45.8 Å². The third kappa shape index (κ3) is 2.89. The number of aliphatic hydroxyl groups is 1. The first kappa shape index (κ1) is 19.1. The van der Waals surface area contributed by atoms with Crippen LogP contribution in [0, 0.1) is 5.92 Å². The largest absolute Gasteiger partial charge is 1.00 e. The molecule has 3 aliphatic heterocycles. The number of β-lactam (4-membered cyclic amide) rings is 1. The van der Waals surface area contributed by atoms with Crippen molar-refractivity contribution in [2.24, 2.45) is 11.1 Å². The molecule has 1 amide bonds. The van der Waals surface area contributed by atoms with Gasteiger partial charge >= 0.3 is 29.6 Å². The minimum atomic E-state index is -1.40. The van der Waals surface area contributed by atoms with E-state index in [1.807, 2.05) is 30.3 Å². The van der Waals surface area contributed by atoms with E-state index in [9.17, 15) is 19.8 Å². The van der Waals surface area contributed by atoms with Gasteiger partial charge in [-0.1, -0.05) is 35.5 Å². The van der Waals surface area contributed by atoms with Gasteiger partial charge in [0.25, 0.3) is 0 Å². The molecule has 1 fully saturated rings. The smallest absolute Gasteiger partial charge is 0.543 e. The van der Waals surface area contributed by atoms with Crippen LogP contribution < -0.4 is 34.7 Å². The van der Waals surface area contributed by atoms with Crippen molar-refractivity contribution in [1.82, 2.24) is 4.90 Å². The number of hydrogen-bond donors (Lipinski definition) is 1. The molecule has 0 unspecified atom stereocenters. The maximum atomic E-state index is 12.2. The molecule has 0 saturated carbocycles. The summed E-state index contributed by atoms with van der Waals surface area (Å²) < 4.78 is 0. The van der Waals surface area contributed by atoms with Crippen molar-refractivity contribution in [2.45, 2.75) is 38.0 Å². The molecule has 8 heteroatoms. The molecule has 0 spiro atoms. The average Bonchev–Trinajstić information content (AvgIpc) is 3.17. The number of amides is 1. The predicted molar refractivity (Wildman–Crippen MR) is 84.9 cm³/mol. The van der Waals surface area contributed by atoms with Crippen LogP contribution in [0.2, 0.25) is 0 Å². The summed E-state index contributed by atoms with van der Waals surface area (Å²) in [6.07, 6.45) is -0.565. The first-order valence-electron chi connectivity index (χ1n) is 8.22. The zero-order chi connectivity index (χ0) is 17.7. The van der Waals surface area contributed by atoms with Crippen molar-refractivity contribution in [1.29, 1.82) is 0 Å². The SMILES string of the molecule is C[C@@H](O)[C@H]1C(=O)N2C(C(=O)[O-])=C([C@H]3CC(c4ccccc4)=NO3)C[C@H]12.[Na+]. The molecular formula is C18H17N2NaO5. The Labute approximate surface area is 172 Å². The van der Waals surface area contributed by atoms with Crippen LogP contribution in [0.5, 0.6) is 0 Å². The first-order chi connectivity index (χ1) is 12.0. The number of oxime groups is 1. The number of aliphatic hydroxyl groups excluding tert-OH is 1. The third-order valence-electron chi connectivity index (χ3n) is 5.12. The number of carbonyl (C=O) groups is 2. The molecule has 0 aliphatic carbocycles. The summed E-state index contributed by atoms with van der Waals surface area (Å²) >= 11 is 0. The van der Waals surface area contributed by atoms with E-state index in [0.717, 1.165) is 11.3 Å². The minimum Gasteiger partial charge on any atom is -0.543 e. The third-order valence-corrected chi connectivity index (χ3v) is 5.12. The molecular weight excluding hydrogens is 347 g/mol. The summed E-state index contributed by atoms with van der Waals surface area (Å²) in [5, 5.41) is 25.5. The van der Waals surface area contributed by atoms with Gasteiger partial charge in [-0.2, -0.15) is 0 Å². The molecule has 130 valence electrons. The Kier molecular flexibility index (Phi) is 5.25. The fourth-order valence-electron chi connectivity index (χ4n) is 3.94. The van der Waals surface area contributed by atoms with E-state index in [1.54, 1.807) is 6.92 Å². The maximum Gasteiger partial charge on any atom is 1.00 e. The Morgan fingerprint density at radius 3 is 2.65 bits per heavy atom. The Hall–Kier alpha value is -1.67. The van der Waals surface area contributed by atoms with E-state index < -0.39 is 24.1 Å². The molecule has 3 heterocycles. The summed E-state index contributed by atoms with van der Waals surface area (Å²) in [6.45, 7) is 1.54. The van der Waals surface area contributed by atoms with Gasteiger partial charge in [-0.15, -0.1) is 0 Å². The zero-order valence-corrected chi connectivity index (χ0v) is 16.6. The summed E-state index contributed by atoms with van der Waals surface area (Å²) in [7, 11) is 0. The topological polar surface area (TPSA) is 102 Å². The van der Waals surface area contributed by atoms with Gasteiger partial charge in [0.15, 0.2) is 6.10 Å². The number of carboxylic acid groups (broad SMARTS) is 1. The number of hydrogen-bond acceptors (Lipinski definition) is 6. The van der Waals surface area contributed by atoms with Crippen molar-refractivity contribution < 1.29 is 54.2 Å². The second-order valence-corrected chi connectivity index (χ2v) is 6.61. The molecule has 0 aromatic heterocycles. The van der Waals surface area contributed by atoms with Gasteiger partial charge in [0.1, 0.15) is 0 Å². The molecule has 3 aliphatic rings.